The molecule has 0 heterocycles. The second-order valence-electron chi connectivity index (χ2n) is 6.83. The first kappa shape index (κ1) is 21.3. The Kier molecular flexibility index (Phi) is 6.10. The molecule has 2 rings (SSSR count). The summed E-state index contributed by atoms with van der Waals surface area (Å²) in [5.41, 5.74) is 5.94. The van der Waals surface area contributed by atoms with Gasteiger partial charge >= 0.3 is 0 Å². The lowest BCUT2D eigenvalue weighted by Crippen LogP contribution is -2.25. The minimum Gasteiger partial charge on any atom is -0.506 e. The molecule has 0 aliphatic rings. The Labute approximate surface area is 182 Å². The van der Waals surface area contributed by atoms with Crippen molar-refractivity contribution in [2.75, 3.05) is 0 Å². The molecule has 2 N–H and O–H groups in total. The summed E-state index contributed by atoms with van der Waals surface area (Å²) < 4.78 is 2.78. The summed E-state index contributed by atoms with van der Waals surface area (Å²) in [7, 11) is 0. The highest BCUT2D eigenvalue weighted by atomic mass is 79.9. The van der Waals surface area contributed by atoms with Crippen molar-refractivity contribution in [3.63, 3.8) is 0 Å². The molecule has 6 heteroatoms. The molecule has 0 fully saturated rings. The van der Waals surface area contributed by atoms with Crippen LogP contribution in [0.4, 0.5) is 0 Å². The molecule has 0 atom stereocenters. The van der Waals surface area contributed by atoms with E-state index in [2.05, 4.69) is 77.6 Å². The van der Waals surface area contributed by atoms with E-state index in [4.69, 9.17) is 0 Å². The second-order valence-corrected chi connectivity index (χ2v) is 10.0. The minimum atomic E-state index is -0.347. The summed E-state index contributed by atoms with van der Waals surface area (Å²) in [5.74, 6) is 0.437. The highest BCUT2D eigenvalue weighted by Crippen LogP contribution is 2.50. The quantitative estimate of drug-likeness (QED) is 0.371. The van der Waals surface area contributed by atoms with Crippen LogP contribution in [0.15, 0.2) is 17.9 Å². The van der Waals surface area contributed by atoms with Crippen molar-refractivity contribution in [2.45, 2.75) is 47.0 Å². The van der Waals surface area contributed by atoms with Crippen molar-refractivity contribution < 1.29 is 10.2 Å². The molecular formula is C19H20Br4O2. The molecular weight excluding hydrogens is 580 g/mol. The number of aromatic hydroxyl groups is 2. The minimum absolute atomic E-state index is 0.219. The maximum Gasteiger partial charge on any atom is 0.144 e. The Morgan fingerprint density at radius 1 is 0.560 bits per heavy atom. The summed E-state index contributed by atoms with van der Waals surface area (Å²) in [6.45, 7) is 12.4. The maximum absolute atomic E-state index is 10.3. The predicted octanol–water partition coefficient (Wildman–Crippen LogP) is 7.71. The van der Waals surface area contributed by atoms with Gasteiger partial charge in [0.15, 0.2) is 0 Å². The van der Waals surface area contributed by atoms with Crippen LogP contribution >= 0.6 is 63.7 Å². The highest BCUT2D eigenvalue weighted by Gasteiger charge is 2.34. The highest BCUT2D eigenvalue weighted by molar-refractivity contribution is 9.11. The van der Waals surface area contributed by atoms with Crippen molar-refractivity contribution >= 4 is 63.7 Å². The van der Waals surface area contributed by atoms with E-state index in [1.54, 1.807) is 0 Å². The Balaban J connectivity index is 2.96. The van der Waals surface area contributed by atoms with Gasteiger partial charge in [0.1, 0.15) is 11.5 Å². The lowest BCUT2D eigenvalue weighted by molar-refractivity contribution is 0.464. The molecule has 0 aliphatic heterocycles. The molecule has 25 heavy (non-hydrogen) atoms. The fourth-order valence-electron chi connectivity index (χ4n) is 3.90. The zero-order chi connectivity index (χ0) is 19.4. The molecule has 0 aliphatic carbocycles. The molecule has 0 bridgehead atoms. The molecule has 0 amide bonds. The van der Waals surface area contributed by atoms with Gasteiger partial charge in [-0.1, -0.05) is 13.8 Å². The number of phenolic OH excluding ortho intramolecular Hbond substituents is 2. The smallest absolute Gasteiger partial charge is 0.144 e. The van der Waals surface area contributed by atoms with Gasteiger partial charge in [-0.15, -0.1) is 0 Å². The lowest BCUT2D eigenvalue weighted by atomic mass is 9.71. The van der Waals surface area contributed by atoms with E-state index in [0.717, 1.165) is 33.4 Å². The molecule has 0 radical (unpaired) electrons. The summed E-state index contributed by atoms with van der Waals surface area (Å²) >= 11 is 14.1. The third kappa shape index (κ3) is 3.21. The van der Waals surface area contributed by atoms with E-state index in [1.165, 1.54) is 0 Å². The molecule has 2 nitrogen and oxygen atoms in total. The van der Waals surface area contributed by atoms with Gasteiger partial charge in [-0.2, -0.15) is 0 Å². The third-order valence-electron chi connectivity index (χ3n) is 4.90. The van der Waals surface area contributed by atoms with E-state index in [9.17, 15) is 10.2 Å². The van der Waals surface area contributed by atoms with Crippen LogP contribution in [0.2, 0.25) is 0 Å². The van der Waals surface area contributed by atoms with Gasteiger partial charge in [-0.3, -0.25) is 0 Å². The van der Waals surface area contributed by atoms with Crippen molar-refractivity contribution in [3.05, 3.63) is 51.3 Å². The van der Waals surface area contributed by atoms with Gasteiger partial charge < -0.3 is 10.2 Å². The van der Waals surface area contributed by atoms with Gasteiger partial charge in [0.2, 0.25) is 0 Å². The van der Waals surface area contributed by atoms with Gasteiger partial charge in [-0.25, -0.2) is 0 Å². The summed E-state index contributed by atoms with van der Waals surface area (Å²) in [6.07, 6.45) is 0. The fourth-order valence-corrected chi connectivity index (χ4v) is 6.02. The Hall–Kier alpha value is -0.0400. The number of benzene rings is 2. The normalized spacial score (nSPS) is 11.9. The van der Waals surface area contributed by atoms with Crippen molar-refractivity contribution in [1.82, 2.24) is 0 Å². The number of hydrogen-bond acceptors (Lipinski definition) is 2. The first-order chi connectivity index (χ1) is 11.4. The molecule has 0 unspecified atom stereocenters. The topological polar surface area (TPSA) is 40.5 Å². The molecule has 136 valence electrons. The Morgan fingerprint density at radius 2 is 0.760 bits per heavy atom. The SMILES string of the molecule is Cc1c(Br)c(O)c(Br)c(C)c1C(C)(C)c1c(C)c(Br)c(O)c(Br)c1C. The standard InChI is InChI=1S/C19H20Br4O2/c1-7-11(8(2)14(21)17(24)13(7)20)19(5,6)12-9(3)15(22)18(25)16(23)10(12)4/h24-25H,1-6H3. The molecule has 0 saturated carbocycles. The van der Waals surface area contributed by atoms with Crippen molar-refractivity contribution in [2.24, 2.45) is 0 Å². The van der Waals surface area contributed by atoms with Crippen molar-refractivity contribution in [3.8, 4) is 11.5 Å². The van der Waals surface area contributed by atoms with Crippen LogP contribution in [0.5, 0.6) is 11.5 Å². The van der Waals surface area contributed by atoms with Crippen LogP contribution in [0.1, 0.15) is 47.2 Å². The van der Waals surface area contributed by atoms with Crippen LogP contribution in [0.3, 0.4) is 0 Å². The maximum atomic E-state index is 10.3. The molecule has 2 aromatic carbocycles. The zero-order valence-corrected chi connectivity index (χ0v) is 21.3. The van der Waals surface area contributed by atoms with Crippen molar-refractivity contribution in [1.29, 1.82) is 0 Å². The number of hydrogen-bond donors (Lipinski definition) is 2. The number of halogens is 4. The zero-order valence-electron chi connectivity index (χ0n) is 14.9. The fraction of sp³-hybridized carbons (Fsp3) is 0.368. The summed E-state index contributed by atoms with van der Waals surface area (Å²) in [5, 5.41) is 20.6. The molecule has 0 spiro atoms. The number of phenols is 2. The van der Waals surface area contributed by atoms with E-state index in [-0.39, 0.29) is 16.9 Å². The lowest BCUT2D eigenvalue weighted by Gasteiger charge is -2.34. The molecule has 2 aromatic rings. The number of rotatable bonds is 2. The first-order valence-corrected chi connectivity index (χ1v) is 10.9. The van der Waals surface area contributed by atoms with E-state index >= 15 is 0 Å². The van der Waals surface area contributed by atoms with E-state index in [0.29, 0.717) is 17.9 Å². The molecule has 0 saturated heterocycles. The van der Waals surface area contributed by atoms with Gasteiger partial charge in [0.25, 0.3) is 0 Å². The average molecular weight is 600 g/mol. The van der Waals surface area contributed by atoms with Crippen LogP contribution in [0.25, 0.3) is 0 Å². The Bertz CT molecular complexity index is 756. The van der Waals surface area contributed by atoms with E-state index < -0.39 is 0 Å². The van der Waals surface area contributed by atoms with Crippen LogP contribution < -0.4 is 0 Å². The summed E-state index contributed by atoms with van der Waals surface area (Å²) in [6, 6.07) is 0. The second kappa shape index (κ2) is 7.17. The van der Waals surface area contributed by atoms with Gasteiger partial charge in [0, 0.05) is 5.41 Å². The average Bonchev–Trinajstić information content (AvgIpc) is 2.54. The van der Waals surface area contributed by atoms with Crippen LogP contribution in [-0.4, -0.2) is 10.2 Å². The first-order valence-electron chi connectivity index (χ1n) is 7.70. The summed E-state index contributed by atoms with van der Waals surface area (Å²) in [4.78, 5) is 0. The van der Waals surface area contributed by atoms with Gasteiger partial charge in [0.05, 0.1) is 17.9 Å². The molecule has 0 aromatic heterocycles. The van der Waals surface area contributed by atoms with Gasteiger partial charge in [-0.05, 0) is 125 Å². The Morgan fingerprint density at radius 3 is 0.960 bits per heavy atom. The largest absolute Gasteiger partial charge is 0.506 e. The van der Waals surface area contributed by atoms with Crippen LogP contribution in [0, 0.1) is 27.7 Å². The monoisotopic (exact) mass is 596 g/mol. The van der Waals surface area contributed by atoms with E-state index in [1.807, 2.05) is 27.7 Å². The van der Waals surface area contributed by atoms with Crippen LogP contribution in [-0.2, 0) is 5.41 Å². The third-order valence-corrected chi connectivity index (χ3v) is 8.78. The predicted molar refractivity (Wildman–Crippen MR) is 118 cm³/mol.